The molecule has 6 nitrogen and oxygen atoms in total. The number of alkyl halides is 3. The third-order valence-corrected chi connectivity index (χ3v) is 7.62. The van der Waals surface area contributed by atoms with Crippen molar-refractivity contribution in [3.05, 3.63) is 53.6 Å². The summed E-state index contributed by atoms with van der Waals surface area (Å²) in [6.07, 6.45) is 0.0339. The summed E-state index contributed by atoms with van der Waals surface area (Å²) in [5, 5.41) is 5.58. The first kappa shape index (κ1) is 26.1. The number of nitrogens with one attached hydrogen (secondary N) is 2. The maximum Gasteiger partial charge on any atom is 0.416 e. The summed E-state index contributed by atoms with van der Waals surface area (Å²) >= 11 is 0. The third kappa shape index (κ3) is 5.26. The van der Waals surface area contributed by atoms with Crippen LogP contribution in [0.1, 0.15) is 50.2 Å². The molecule has 1 aliphatic heterocycles. The quantitative estimate of drug-likeness (QED) is 0.498. The minimum atomic E-state index is -4.46. The van der Waals surface area contributed by atoms with Crippen molar-refractivity contribution in [3.8, 4) is 11.5 Å². The zero-order valence-electron chi connectivity index (χ0n) is 21.0. The van der Waals surface area contributed by atoms with Crippen molar-refractivity contribution in [2.45, 2.75) is 62.7 Å². The van der Waals surface area contributed by atoms with Gasteiger partial charge in [-0.2, -0.15) is 13.2 Å². The van der Waals surface area contributed by atoms with E-state index in [2.05, 4.69) is 34.6 Å². The van der Waals surface area contributed by atoms with E-state index in [1.807, 2.05) is 6.07 Å². The van der Waals surface area contributed by atoms with Gasteiger partial charge in [0.25, 0.3) is 0 Å². The molecule has 3 atom stereocenters. The maximum atomic E-state index is 13.0. The number of nitrogens with zero attached hydrogens (tertiary/aromatic N) is 1. The Morgan fingerprint density at radius 1 is 1.11 bits per heavy atom. The summed E-state index contributed by atoms with van der Waals surface area (Å²) < 4.78 is 50.1. The second kappa shape index (κ2) is 10.6. The fourth-order valence-electron chi connectivity index (χ4n) is 5.94. The molecule has 9 heteroatoms. The number of amides is 2. The van der Waals surface area contributed by atoms with Gasteiger partial charge >= 0.3 is 12.2 Å². The largest absolute Gasteiger partial charge is 0.493 e. The maximum absolute atomic E-state index is 13.0. The van der Waals surface area contributed by atoms with E-state index >= 15 is 0 Å². The first-order valence-corrected chi connectivity index (χ1v) is 12.4. The van der Waals surface area contributed by atoms with Crippen LogP contribution in [0.25, 0.3) is 0 Å². The monoisotopic (exact) mass is 505 g/mol. The fourth-order valence-corrected chi connectivity index (χ4v) is 5.94. The number of ether oxygens (including phenoxy) is 2. The molecule has 36 heavy (non-hydrogen) atoms. The molecule has 196 valence electrons. The number of methoxy groups -OCH3 is 2. The van der Waals surface area contributed by atoms with E-state index in [0.717, 1.165) is 57.3 Å². The highest BCUT2D eigenvalue weighted by molar-refractivity contribution is 5.89. The predicted octanol–water partition coefficient (Wildman–Crippen LogP) is 5.82. The number of carbonyl (C=O) groups is 1. The number of benzene rings is 2. The highest BCUT2D eigenvalue weighted by Gasteiger charge is 2.51. The van der Waals surface area contributed by atoms with Gasteiger partial charge < -0.3 is 20.1 Å². The number of urea groups is 1. The SMILES string of the molecule is CCCN1CC[C@]2(c3ccc(OC)c(OC)c3)CC[C@H](NC(=O)Nc3cccc(C(F)(F)F)c3)C[C@@H]12. The van der Waals surface area contributed by atoms with Gasteiger partial charge in [0.15, 0.2) is 11.5 Å². The van der Waals surface area contributed by atoms with Crippen LogP contribution in [-0.2, 0) is 11.6 Å². The summed E-state index contributed by atoms with van der Waals surface area (Å²) in [7, 11) is 3.26. The van der Waals surface area contributed by atoms with Gasteiger partial charge in [-0.3, -0.25) is 4.90 Å². The van der Waals surface area contributed by atoms with Crippen molar-refractivity contribution >= 4 is 11.7 Å². The number of hydrogen-bond donors (Lipinski definition) is 2. The molecule has 2 fully saturated rings. The van der Waals surface area contributed by atoms with Gasteiger partial charge in [0, 0.05) is 23.2 Å². The van der Waals surface area contributed by atoms with Crippen LogP contribution in [0, 0.1) is 0 Å². The van der Waals surface area contributed by atoms with Crippen molar-refractivity contribution in [1.82, 2.24) is 10.2 Å². The van der Waals surface area contributed by atoms with Crippen LogP contribution in [0.2, 0.25) is 0 Å². The van der Waals surface area contributed by atoms with Crippen molar-refractivity contribution in [2.24, 2.45) is 0 Å². The minimum absolute atomic E-state index is 0.0512. The Balaban J connectivity index is 1.50. The van der Waals surface area contributed by atoms with Crippen LogP contribution >= 0.6 is 0 Å². The fraction of sp³-hybridized carbons (Fsp3) is 0.519. The summed E-state index contributed by atoms with van der Waals surface area (Å²) in [6, 6.07) is 10.5. The smallest absolute Gasteiger partial charge is 0.416 e. The molecule has 2 aromatic carbocycles. The first-order valence-electron chi connectivity index (χ1n) is 12.4. The van der Waals surface area contributed by atoms with Crippen molar-refractivity contribution in [3.63, 3.8) is 0 Å². The van der Waals surface area contributed by atoms with E-state index in [1.54, 1.807) is 14.2 Å². The van der Waals surface area contributed by atoms with E-state index in [-0.39, 0.29) is 23.2 Å². The van der Waals surface area contributed by atoms with Gasteiger partial charge in [-0.25, -0.2) is 4.79 Å². The molecule has 1 aliphatic carbocycles. The van der Waals surface area contributed by atoms with Crippen molar-refractivity contribution in [2.75, 3.05) is 32.6 Å². The molecule has 1 saturated heterocycles. The summed E-state index contributed by atoms with van der Waals surface area (Å²) in [5.74, 6) is 1.40. The van der Waals surface area contributed by atoms with Gasteiger partial charge in [-0.15, -0.1) is 0 Å². The number of anilines is 1. The molecule has 1 heterocycles. The minimum Gasteiger partial charge on any atom is -0.493 e. The van der Waals surface area contributed by atoms with Crippen molar-refractivity contribution in [1.29, 1.82) is 0 Å². The summed E-state index contributed by atoms with van der Waals surface area (Å²) in [4.78, 5) is 15.2. The molecule has 2 N–H and O–H groups in total. The zero-order valence-corrected chi connectivity index (χ0v) is 21.0. The number of hydrogen-bond acceptors (Lipinski definition) is 4. The Bertz CT molecular complexity index is 1080. The summed E-state index contributed by atoms with van der Waals surface area (Å²) in [5.41, 5.74) is 0.491. The van der Waals surface area contributed by atoms with E-state index < -0.39 is 17.8 Å². The molecule has 2 aliphatic rings. The predicted molar refractivity (Wildman–Crippen MR) is 133 cm³/mol. The molecule has 1 saturated carbocycles. The molecule has 0 aromatic heterocycles. The van der Waals surface area contributed by atoms with E-state index in [0.29, 0.717) is 11.5 Å². The number of halogens is 3. The van der Waals surface area contributed by atoms with Crippen LogP contribution in [0.5, 0.6) is 11.5 Å². The van der Waals surface area contributed by atoms with Gasteiger partial charge in [0.1, 0.15) is 0 Å². The molecule has 4 rings (SSSR count). The Kier molecular flexibility index (Phi) is 7.68. The van der Waals surface area contributed by atoms with Crippen LogP contribution in [0.3, 0.4) is 0 Å². The van der Waals surface area contributed by atoms with Crippen molar-refractivity contribution < 1.29 is 27.4 Å². The highest BCUT2D eigenvalue weighted by atomic mass is 19.4. The topological polar surface area (TPSA) is 62.8 Å². The highest BCUT2D eigenvalue weighted by Crippen LogP contribution is 2.50. The van der Waals surface area contributed by atoms with E-state index in [9.17, 15) is 18.0 Å². The molecular formula is C27H34F3N3O3. The van der Waals surface area contributed by atoms with Crippen LogP contribution < -0.4 is 20.1 Å². The lowest BCUT2D eigenvalue weighted by Crippen LogP contribution is -2.53. The van der Waals surface area contributed by atoms with Crippen LogP contribution in [0.15, 0.2) is 42.5 Å². The third-order valence-electron chi connectivity index (χ3n) is 7.62. The number of carbonyl (C=O) groups excluding carboxylic acids is 1. The number of likely N-dealkylation sites (tertiary alicyclic amines) is 1. The van der Waals surface area contributed by atoms with Crippen LogP contribution in [-0.4, -0.2) is 50.3 Å². The first-order chi connectivity index (χ1) is 17.2. The molecule has 0 spiro atoms. The molecule has 0 unspecified atom stereocenters. The van der Waals surface area contributed by atoms with Gasteiger partial charge in [0.05, 0.1) is 19.8 Å². The Labute approximate surface area is 210 Å². The number of fused-ring (bicyclic) bond motifs is 1. The molecule has 2 amide bonds. The molecule has 2 aromatic rings. The Hall–Kier alpha value is -2.94. The lowest BCUT2D eigenvalue weighted by Gasteiger charge is -2.45. The Morgan fingerprint density at radius 2 is 1.89 bits per heavy atom. The molecule has 0 radical (unpaired) electrons. The van der Waals surface area contributed by atoms with E-state index in [4.69, 9.17) is 9.47 Å². The van der Waals surface area contributed by atoms with E-state index in [1.165, 1.54) is 17.7 Å². The second-order valence-corrected chi connectivity index (χ2v) is 9.68. The Morgan fingerprint density at radius 3 is 2.58 bits per heavy atom. The summed E-state index contributed by atoms with van der Waals surface area (Å²) in [6.45, 7) is 4.12. The van der Waals surface area contributed by atoms with Gasteiger partial charge in [0.2, 0.25) is 0 Å². The van der Waals surface area contributed by atoms with Crippen LogP contribution in [0.4, 0.5) is 23.7 Å². The molecular weight excluding hydrogens is 471 g/mol. The standard InChI is InChI=1S/C27H34F3N3O3/c1-4-13-33-14-12-26(18-8-9-22(35-2)23(16-18)36-3)11-10-21(17-24(26)33)32-25(34)31-20-7-5-6-19(15-20)27(28,29)30/h5-9,15-16,21,24H,4,10-14,17H2,1-3H3,(H2,31,32,34)/t21-,24+,26-/m0/s1. The van der Waals surface area contributed by atoms with Gasteiger partial charge in [-0.1, -0.05) is 19.1 Å². The zero-order chi connectivity index (χ0) is 25.9. The normalized spacial score (nSPS) is 24.2. The lowest BCUT2D eigenvalue weighted by molar-refractivity contribution is -0.137. The molecule has 0 bridgehead atoms. The number of rotatable bonds is 7. The average Bonchev–Trinajstić information content (AvgIpc) is 3.22. The average molecular weight is 506 g/mol. The second-order valence-electron chi connectivity index (χ2n) is 9.68. The lowest BCUT2D eigenvalue weighted by atomic mass is 9.65. The van der Waals surface area contributed by atoms with Gasteiger partial charge in [-0.05, 0) is 81.1 Å².